The van der Waals surface area contributed by atoms with Crippen molar-refractivity contribution in [3.05, 3.63) is 50.7 Å². The molecular weight excluding hydrogens is 304 g/mol. The second-order valence-corrected chi connectivity index (χ2v) is 6.68. The molecule has 110 valence electrons. The van der Waals surface area contributed by atoms with Crippen molar-refractivity contribution in [3.63, 3.8) is 0 Å². The monoisotopic (exact) mass is 320 g/mol. The lowest BCUT2D eigenvalue weighted by atomic mass is 10.1. The number of rotatable bonds is 3. The molecule has 2 heterocycles. The van der Waals surface area contributed by atoms with Crippen molar-refractivity contribution < 1.29 is 4.79 Å². The fourth-order valence-corrected chi connectivity index (χ4v) is 3.59. The highest BCUT2D eigenvalue weighted by Gasteiger charge is 2.21. The number of hydrogen-bond acceptors (Lipinski definition) is 3. The van der Waals surface area contributed by atoms with Crippen LogP contribution in [0.1, 0.15) is 16.0 Å². The van der Waals surface area contributed by atoms with Crippen molar-refractivity contribution in [3.8, 4) is 0 Å². The van der Waals surface area contributed by atoms with Crippen LogP contribution in [0, 0.1) is 6.92 Å². The van der Waals surface area contributed by atoms with E-state index < -0.39 is 0 Å². The summed E-state index contributed by atoms with van der Waals surface area (Å²) in [7, 11) is 0. The van der Waals surface area contributed by atoms with Gasteiger partial charge < -0.3 is 10.2 Å². The van der Waals surface area contributed by atoms with E-state index in [1.165, 1.54) is 10.4 Å². The number of fused-ring (bicyclic) bond motifs is 1. The molecule has 1 N–H and O–H groups in total. The van der Waals surface area contributed by atoms with Crippen molar-refractivity contribution in [2.45, 2.75) is 19.9 Å². The standard InChI is InChI=1S/C16H17ClN2OS/c1-11-2-3-13(17)14(8-11)18-9-16(20)19-6-4-15-12(10-19)5-7-21-15/h2-3,5,7-8,18H,4,6,9-10H2,1H3. The first-order valence-corrected chi connectivity index (χ1v) is 8.22. The molecule has 0 saturated heterocycles. The summed E-state index contributed by atoms with van der Waals surface area (Å²) in [6, 6.07) is 7.88. The van der Waals surface area contributed by atoms with Gasteiger partial charge in [0.1, 0.15) is 0 Å². The Kier molecular flexibility index (Phi) is 4.17. The number of nitrogens with zero attached hydrogens (tertiary/aromatic N) is 1. The molecule has 3 nitrogen and oxygen atoms in total. The summed E-state index contributed by atoms with van der Waals surface area (Å²) < 4.78 is 0. The maximum Gasteiger partial charge on any atom is 0.242 e. The van der Waals surface area contributed by atoms with Crippen LogP contribution in [0.4, 0.5) is 5.69 Å². The predicted octanol–water partition coefficient (Wildman–Crippen LogP) is 3.71. The summed E-state index contributed by atoms with van der Waals surface area (Å²) in [6.07, 6.45) is 0.962. The molecule has 0 saturated carbocycles. The minimum atomic E-state index is 0.115. The van der Waals surface area contributed by atoms with Crippen LogP contribution >= 0.6 is 22.9 Å². The largest absolute Gasteiger partial charge is 0.375 e. The van der Waals surface area contributed by atoms with Crippen molar-refractivity contribution in [1.29, 1.82) is 0 Å². The smallest absolute Gasteiger partial charge is 0.242 e. The lowest BCUT2D eigenvalue weighted by molar-refractivity contribution is -0.130. The number of amides is 1. The van der Waals surface area contributed by atoms with Crippen LogP contribution in [0.3, 0.4) is 0 Å². The topological polar surface area (TPSA) is 32.3 Å². The first kappa shape index (κ1) is 14.4. The van der Waals surface area contributed by atoms with Crippen molar-refractivity contribution in [1.82, 2.24) is 4.90 Å². The minimum Gasteiger partial charge on any atom is -0.375 e. The molecule has 0 atom stereocenters. The van der Waals surface area contributed by atoms with Gasteiger partial charge in [-0.3, -0.25) is 4.79 Å². The number of nitrogens with one attached hydrogen (secondary N) is 1. The summed E-state index contributed by atoms with van der Waals surface area (Å²) >= 11 is 7.91. The van der Waals surface area contributed by atoms with E-state index in [0.717, 1.165) is 30.8 Å². The fraction of sp³-hybridized carbons (Fsp3) is 0.312. The second-order valence-electron chi connectivity index (χ2n) is 5.27. The highest BCUT2D eigenvalue weighted by atomic mass is 35.5. The molecule has 1 amide bonds. The van der Waals surface area contributed by atoms with Crippen LogP contribution < -0.4 is 5.32 Å². The Morgan fingerprint density at radius 3 is 3.14 bits per heavy atom. The average molecular weight is 321 g/mol. The highest BCUT2D eigenvalue weighted by molar-refractivity contribution is 7.10. The number of thiophene rings is 1. The van der Waals surface area contributed by atoms with Gasteiger partial charge in [-0.2, -0.15) is 0 Å². The highest BCUT2D eigenvalue weighted by Crippen LogP contribution is 2.25. The number of hydrogen-bond donors (Lipinski definition) is 1. The number of carbonyl (C=O) groups excluding carboxylic acids is 1. The first-order valence-electron chi connectivity index (χ1n) is 6.96. The fourth-order valence-electron chi connectivity index (χ4n) is 2.52. The Bertz CT molecular complexity index is 668. The molecule has 0 bridgehead atoms. The Labute approximate surface area is 133 Å². The summed E-state index contributed by atoms with van der Waals surface area (Å²) in [5, 5.41) is 5.89. The van der Waals surface area contributed by atoms with Gasteiger partial charge >= 0.3 is 0 Å². The molecule has 1 aliphatic rings. The van der Waals surface area contributed by atoms with E-state index in [0.29, 0.717) is 5.02 Å². The molecule has 21 heavy (non-hydrogen) atoms. The van der Waals surface area contributed by atoms with Crippen LogP contribution in [0.15, 0.2) is 29.6 Å². The first-order chi connectivity index (χ1) is 10.1. The molecule has 0 unspecified atom stereocenters. The van der Waals surface area contributed by atoms with Gasteiger partial charge in [-0.1, -0.05) is 17.7 Å². The van der Waals surface area contributed by atoms with Crippen LogP contribution in [-0.4, -0.2) is 23.9 Å². The number of aryl methyl sites for hydroxylation is 1. The lowest BCUT2D eigenvalue weighted by Crippen LogP contribution is -2.38. The Morgan fingerprint density at radius 2 is 2.29 bits per heavy atom. The summed E-state index contributed by atoms with van der Waals surface area (Å²) in [5.41, 5.74) is 3.22. The number of carbonyl (C=O) groups is 1. The number of benzene rings is 1. The Hall–Kier alpha value is -1.52. The van der Waals surface area contributed by atoms with E-state index >= 15 is 0 Å². The maximum atomic E-state index is 12.3. The zero-order chi connectivity index (χ0) is 14.8. The molecule has 3 rings (SSSR count). The van der Waals surface area contributed by atoms with Crippen LogP contribution in [-0.2, 0) is 17.8 Å². The Morgan fingerprint density at radius 1 is 1.43 bits per heavy atom. The molecule has 1 aromatic carbocycles. The van der Waals surface area contributed by atoms with Crippen molar-refractivity contribution >= 4 is 34.5 Å². The third kappa shape index (κ3) is 3.22. The molecule has 0 spiro atoms. The third-order valence-corrected chi connectivity index (χ3v) is 5.06. The number of anilines is 1. The predicted molar refractivity (Wildman–Crippen MR) is 88.1 cm³/mol. The van der Waals surface area contributed by atoms with Gasteiger partial charge in [0.15, 0.2) is 0 Å². The van der Waals surface area contributed by atoms with E-state index in [-0.39, 0.29) is 12.5 Å². The van der Waals surface area contributed by atoms with Gasteiger partial charge in [-0.15, -0.1) is 11.3 Å². The minimum absolute atomic E-state index is 0.115. The zero-order valence-corrected chi connectivity index (χ0v) is 13.4. The van der Waals surface area contributed by atoms with Gasteiger partial charge in [-0.25, -0.2) is 0 Å². The summed E-state index contributed by atoms with van der Waals surface area (Å²) in [5.74, 6) is 0.115. The lowest BCUT2D eigenvalue weighted by Gasteiger charge is -2.27. The van der Waals surface area contributed by atoms with Crippen LogP contribution in [0.25, 0.3) is 0 Å². The Balaban J connectivity index is 1.61. The molecule has 0 radical (unpaired) electrons. The van der Waals surface area contributed by atoms with E-state index in [1.807, 2.05) is 30.0 Å². The molecule has 0 aliphatic carbocycles. The van der Waals surface area contributed by atoms with Crippen molar-refractivity contribution in [2.75, 3.05) is 18.4 Å². The molecule has 0 fully saturated rings. The molecule has 1 aliphatic heterocycles. The van der Waals surface area contributed by atoms with Gasteiger partial charge in [0, 0.05) is 18.0 Å². The van der Waals surface area contributed by atoms with E-state index in [9.17, 15) is 4.79 Å². The third-order valence-electron chi connectivity index (χ3n) is 3.71. The van der Waals surface area contributed by atoms with Crippen LogP contribution in [0.5, 0.6) is 0 Å². The van der Waals surface area contributed by atoms with Crippen molar-refractivity contribution in [2.24, 2.45) is 0 Å². The number of halogens is 1. The summed E-state index contributed by atoms with van der Waals surface area (Å²) in [6.45, 7) is 3.81. The normalized spacial score (nSPS) is 13.9. The van der Waals surface area contributed by atoms with Gasteiger partial charge in [0.25, 0.3) is 0 Å². The second kappa shape index (κ2) is 6.08. The summed E-state index contributed by atoms with van der Waals surface area (Å²) in [4.78, 5) is 15.6. The zero-order valence-electron chi connectivity index (χ0n) is 11.9. The van der Waals surface area contributed by atoms with Gasteiger partial charge in [0.2, 0.25) is 5.91 Å². The molecule has 1 aromatic heterocycles. The van der Waals surface area contributed by atoms with E-state index in [1.54, 1.807) is 11.3 Å². The van der Waals surface area contributed by atoms with Crippen LogP contribution in [0.2, 0.25) is 5.02 Å². The SMILES string of the molecule is Cc1ccc(Cl)c(NCC(=O)N2CCc3sccc3C2)c1. The van der Waals surface area contributed by atoms with E-state index in [2.05, 4.69) is 16.8 Å². The van der Waals surface area contributed by atoms with Gasteiger partial charge in [-0.05, 0) is 48.1 Å². The quantitative estimate of drug-likeness (QED) is 0.935. The molecule has 5 heteroatoms. The average Bonchev–Trinajstić information content (AvgIpc) is 2.95. The molecule has 2 aromatic rings. The molecular formula is C16H17ClN2OS. The van der Waals surface area contributed by atoms with Gasteiger partial charge in [0.05, 0.1) is 17.3 Å². The maximum absolute atomic E-state index is 12.3. The van der Waals surface area contributed by atoms with E-state index in [4.69, 9.17) is 11.6 Å².